The SMILES string of the molecule is CCOC(=O)C(CCC(N)=O)NP(=O)(OCCCC(=O)O[C@@H]1[C@@]2(C(C)C)C[C@H]2[C@@H]2O[C@@]23[C@@]2(C)CCC4=C(COC4=O)C2CO[C@]13C)OC[C@H]1OC(C)[C@@H](O)[C@@H](O)[C@@H]1O. The third-order valence-corrected chi connectivity index (χ3v) is 16.0. The molecule has 3 saturated heterocycles. The standard InChI is InChI=1S/C39H59N2O16P/c1-7-50-34(48)25(10-11-27(40)42)41-58(49,54-18-26-30(45)31(46)29(44)20(4)55-26)53-14-8-9-28(43)56-35-37(6)39(32(57-39)23-15-38(23,35)19(2)3)36(5)13-12-21-22(16-51-33(21)47)24(36)17-52-37/h19-20,23-26,29-32,35,44-46H,7-18H2,1-6H3,(H2,40,42)(H,41,49)/t20?,23-,24?,25?,26+,29+,30+,31+,32-,35-,36-,37+,38+,39+,58?/m0/s1. The van der Waals surface area contributed by atoms with Crippen LogP contribution < -0.4 is 10.8 Å². The molecule has 58 heavy (non-hydrogen) atoms. The van der Waals surface area contributed by atoms with Gasteiger partial charge in [0.1, 0.15) is 54.4 Å². The number of nitrogens with one attached hydrogen (secondary N) is 1. The maximum atomic E-state index is 14.2. The molecule has 4 unspecified atom stereocenters. The maximum Gasteiger partial charge on any atom is 0.406 e. The average Bonchev–Trinajstić information content (AvgIpc) is 4.07. The molecule has 4 aliphatic heterocycles. The number of fused-ring (bicyclic) bond motifs is 4. The highest BCUT2D eigenvalue weighted by molar-refractivity contribution is 7.51. The van der Waals surface area contributed by atoms with Crippen molar-refractivity contribution in [2.45, 2.75) is 146 Å². The Kier molecular flexibility index (Phi) is 11.8. The molecule has 19 heteroatoms. The van der Waals surface area contributed by atoms with E-state index in [1.54, 1.807) is 6.92 Å². The second-order valence-electron chi connectivity index (χ2n) is 17.7. The first kappa shape index (κ1) is 43.6. The van der Waals surface area contributed by atoms with Gasteiger partial charge in [-0.15, -0.1) is 0 Å². The molecule has 3 aliphatic carbocycles. The van der Waals surface area contributed by atoms with E-state index in [2.05, 4.69) is 25.9 Å². The molecule has 6 N–H and O–H groups in total. The number of amides is 1. The topological polar surface area (TPSA) is 261 Å². The minimum absolute atomic E-state index is 0.0150. The summed E-state index contributed by atoms with van der Waals surface area (Å²) >= 11 is 0. The first-order chi connectivity index (χ1) is 27.3. The van der Waals surface area contributed by atoms with Gasteiger partial charge >= 0.3 is 25.7 Å². The van der Waals surface area contributed by atoms with E-state index in [1.807, 2.05) is 6.92 Å². The number of nitrogens with two attached hydrogens (primary N) is 1. The number of epoxide rings is 1. The highest BCUT2D eigenvalue weighted by Crippen LogP contribution is 2.82. The van der Waals surface area contributed by atoms with E-state index in [0.717, 1.165) is 17.6 Å². The molecule has 4 heterocycles. The quantitative estimate of drug-likeness (QED) is 0.0455. The molecule has 0 aromatic rings. The van der Waals surface area contributed by atoms with Crippen molar-refractivity contribution in [2.24, 2.45) is 34.3 Å². The summed E-state index contributed by atoms with van der Waals surface area (Å²) in [6.07, 6.45) is -5.94. The molecule has 0 aromatic carbocycles. The summed E-state index contributed by atoms with van der Waals surface area (Å²) in [5.41, 5.74) is 4.57. The monoisotopic (exact) mass is 842 g/mol. The Labute approximate surface area is 337 Å². The van der Waals surface area contributed by atoms with Crippen LogP contribution in [0.15, 0.2) is 11.1 Å². The molecule has 1 spiro atoms. The number of cyclic esters (lactones) is 1. The molecule has 5 fully saturated rings. The summed E-state index contributed by atoms with van der Waals surface area (Å²) in [6, 6.07) is -1.36. The lowest BCUT2D eigenvalue weighted by molar-refractivity contribution is -0.265. The van der Waals surface area contributed by atoms with Crippen LogP contribution in [-0.4, -0.2) is 132 Å². The Morgan fingerprint density at radius 2 is 1.83 bits per heavy atom. The summed E-state index contributed by atoms with van der Waals surface area (Å²) in [5.74, 6) is -2.12. The summed E-state index contributed by atoms with van der Waals surface area (Å²) in [6.45, 7) is 11.2. The lowest BCUT2D eigenvalue weighted by Gasteiger charge is -2.61. The Morgan fingerprint density at radius 3 is 2.52 bits per heavy atom. The van der Waals surface area contributed by atoms with Crippen molar-refractivity contribution in [2.75, 3.05) is 33.0 Å². The summed E-state index contributed by atoms with van der Waals surface area (Å²) < 4.78 is 61.9. The van der Waals surface area contributed by atoms with E-state index in [-0.39, 0.29) is 86.2 Å². The van der Waals surface area contributed by atoms with Gasteiger partial charge in [0.15, 0.2) is 0 Å². The van der Waals surface area contributed by atoms with E-state index >= 15 is 0 Å². The average molecular weight is 843 g/mol. The van der Waals surface area contributed by atoms with Gasteiger partial charge in [-0.2, -0.15) is 0 Å². The first-order valence-electron chi connectivity index (χ1n) is 20.5. The molecule has 326 valence electrons. The number of carbonyl (C=O) groups excluding carboxylic acids is 4. The Hall–Kier alpha value is -2.51. The molecule has 18 nitrogen and oxygen atoms in total. The van der Waals surface area contributed by atoms with Crippen LogP contribution in [0.1, 0.15) is 86.5 Å². The lowest BCUT2D eigenvalue weighted by Crippen LogP contribution is -2.73. The molecule has 15 atom stereocenters. The highest BCUT2D eigenvalue weighted by Gasteiger charge is 2.93. The third kappa shape index (κ3) is 6.96. The van der Waals surface area contributed by atoms with Gasteiger partial charge < -0.3 is 49.5 Å². The Bertz CT molecular complexity index is 1740. The second kappa shape index (κ2) is 15.8. The fourth-order valence-electron chi connectivity index (χ4n) is 11.1. The van der Waals surface area contributed by atoms with Crippen molar-refractivity contribution in [3.05, 3.63) is 11.1 Å². The minimum atomic E-state index is -4.51. The Morgan fingerprint density at radius 1 is 1.09 bits per heavy atom. The van der Waals surface area contributed by atoms with Crippen molar-refractivity contribution < 1.29 is 76.5 Å². The summed E-state index contributed by atoms with van der Waals surface area (Å²) in [4.78, 5) is 50.8. The van der Waals surface area contributed by atoms with Crippen LogP contribution in [0.25, 0.3) is 0 Å². The lowest BCUT2D eigenvalue weighted by atomic mass is 9.49. The van der Waals surface area contributed by atoms with Gasteiger partial charge in [-0.25, -0.2) is 14.4 Å². The van der Waals surface area contributed by atoms with Crippen LogP contribution in [0.3, 0.4) is 0 Å². The predicted molar refractivity (Wildman–Crippen MR) is 199 cm³/mol. The summed E-state index contributed by atoms with van der Waals surface area (Å²) in [7, 11) is -4.51. The number of aliphatic hydroxyl groups is 3. The second-order valence-corrected chi connectivity index (χ2v) is 19.5. The number of hydrogen-bond acceptors (Lipinski definition) is 16. The number of rotatable bonds is 17. The van der Waals surface area contributed by atoms with Crippen LogP contribution in [0.5, 0.6) is 0 Å². The molecule has 0 aromatic heterocycles. The van der Waals surface area contributed by atoms with Gasteiger partial charge in [-0.1, -0.05) is 20.8 Å². The van der Waals surface area contributed by atoms with Crippen LogP contribution >= 0.6 is 7.75 Å². The number of hydrogen-bond donors (Lipinski definition) is 5. The van der Waals surface area contributed by atoms with Crippen LogP contribution in [0.4, 0.5) is 0 Å². The number of carbonyl (C=O) groups is 4. The van der Waals surface area contributed by atoms with Gasteiger partial charge in [0.2, 0.25) is 5.91 Å². The zero-order valence-corrected chi connectivity index (χ0v) is 34.9. The fraction of sp³-hybridized carbons (Fsp3) is 0.846. The number of aliphatic hydroxyl groups excluding tert-OH is 3. The molecule has 1 amide bonds. The van der Waals surface area contributed by atoms with E-state index < -0.39 is 86.1 Å². The first-order valence-corrected chi connectivity index (χ1v) is 22.1. The van der Waals surface area contributed by atoms with Crippen molar-refractivity contribution in [3.63, 3.8) is 0 Å². The largest absolute Gasteiger partial charge is 0.465 e. The minimum Gasteiger partial charge on any atom is -0.465 e. The normalized spacial score (nSPS) is 42.4. The molecular formula is C39H59N2O16P. The van der Waals surface area contributed by atoms with Crippen molar-refractivity contribution in [1.82, 2.24) is 5.09 Å². The number of esters is 3. The fourth-order valence-corrected chi connectivity index (χ4v) is 12.7. The zero-order chi connectivity index (χ0) is 42.2. The molecule has 7 aliphatic rings. The molecule has 0 bridgehead atoms. The zero-order valence-electron chi connectivity index (χ0n) is 34.0. The van der Waals surface area contributed by atoms with Crippen LogP contribution in [0, 0.1) is 28.6 Å². The van der Waals surface area contributed by atoms with E-state index in [9.17, 15) is 39.1 Å². The van der Waals surface area contributed by atoms with Gasteiger partial charge in [0, 0.05) is 35.2 Å². The van der Waals surface area contributed by atoms with Crippen LogP contribution in [0.2, 0.25) is 0 Å². The number of primary amides is 1. The smallest absolute Gasteiger partial charge is 0.406 e. The predicted octanol–water partition coefficient (Wildman–Crippen LogP) is 1.35. The third-order valence-electron chi connectivity index (χ3n) is 14.4. The molecule has 0 radical (unpaired) electrons. The Balaban J connectivity index is 1.04. The summed E-state index contributed by atoms with van der Waals surface area (Å²) in [5, 5.41) is 33.5. The van der Waals surface area contributed by atoms with Crippen molar-refractivity contribution >= 4 is 31.6 Å². The van der Waals surface area contributed by atoms with E-state index in [0.29, 0.717) is 19.4 Å². The van der Waals surface area contributed by atoms with Gasteiger partial charge in [-0.05, 0) is 70.3 Å². The van der Waals surface area contributed by atoms with Gasteiger partial charge in [-0.3, -0.25) is 23.4 Å². The van der Waals surface area contributed by atoms with Crippen molar-refractivity contribution in [1.29, 1.82) is 0 Å². The van der Waals surface area contributed by atoms with Crippen molar-refractivity contribution in [3.8, 4) is 0 Å². The molecule has 2 saturated carbocycles. The van der Waals surface area contributed by atoms with E-state index in [4.69, 9.17) is 43.2 Å². The maximum absolute atomic E-state index is 14.2. The van der Waals surface area contributed by atoms with Crippen LogP contribution in [-0.2, 0) is 61.2 Å². The number of ether oxygens (including phenoxy) is 6. The van der Waals surface area contributed by atoms with Gasteiger partial charge in [0.25, 0.3) is 0 Å². The molecular weight excluding hydrogens is 783 g/mol. The molecule has 7 rings (SSSR count). The van der Waals surface area contributed by atoms with E-state index in [1.165, 1.54) is 6.92 Å². The highest BCUT2D eigenvalue weighted by atomic mass is 31.2. The van der Waals surface area contributed by atoms with Gasteiger partial charge in [0.05, 0.1) is 38.6 Å².